The highest BCUT2D eigenvalue weighted by atomic mass is 16.5. The van der Waals surface area contributed by atoms with E-state index in [9.17, 15) is 0 Å². The molecule has 0 bridgehead atoms. The molecule has 1 aromatic heterocycles. The molecular formula is C23H35N5O3. The fourth-order valence-corrected chi connectivity index (χ4v) is 3.23. The van der Waals surface area contributed by atoms with Crippen LogP contribution in [0.4, 0.5) is 5.69 Å². The monoisotopic (exact) mass is 429 g/mol. The summed E-state index contributed by atoms with van der Waals surface area (Å²) >= 11 is 0. The second-order valence-electron chi connectivity index (χ2n) is 7.81. The molecule has 1 saturated heterocycles. The van der Waals surface area contributed by atoms with Gasteiger partial charge in [-0.1, -0.05) is 0 Å². The highest BCUT2D eigenvalue weighted by molar-refractivity contribution is 5.93. The molecule has 0 saturated carbocycles. The number of nitrogens with zero attached hydrogens (tertiary/aromatic N) is 3. The molecule has 2 heterocycles. The summed E-state index contributed by atoms with van der Waals surface area (Å²) in [5.41, 5.74) is 0.955. The van der Waals surface area contributed by atoms with Crippen molar-refractivity contribution in [2.45, 2.75) is 51.9 Å². The van der Waals surface area contributed by atoms with Crippen molar-refractivity contribution in [3.8, 4) is 5.75 Å². The molecule has 0 radical (unpaired) electrons. The number of benzene rings is 1. The minimum Gasteiger partial charge on any atom is -0.491 e. The summed E-state index contributed by atoms with van der Waals surface area (Å²) in [6.07, 6.45) is 7.26. The number of anilines is 1. The second-order valence-corrected chi connectivity index (χ2v) is 7.81. The minimum atomic E-state index is 0.155. The van der Waals surface area contributed by atoms with Gasteiger partial charge in [-0.15, -0.1) is 0 Å². The van der Waals surface area contributed by atoms with Crippen LogP contribution in [0, 0.1) is 0 Å². The zero-order chi connectivity index (χ0) is 21.7. The van der Waals surface area contributed by atoms with Gasteiger partial charge in [0, 0.05) is 44.4 Å². The van der Waals surface area contributed by atoms with E-state index in [0.29, 0.717) is 19.8 Å². The van der Waals surface area contributed by atoms with Gasteiger partial charge >= 0.3 is 0 Å². The van der Waals surface area contributed by atoms with Gasteiger partial charge in [0.1, 0.15) is 5.75 Å². The molecule has 2 aromatic rings. The number of hydrogen-bond acceptors (Lipinski definition) is 5. The van der Waals surface area contributed by atoms with Crippen LogP contribution in [0.5, 0.6) is 5.75 Å². The van der Waals surface area contributed by atoms with E-state index >= 15 is 0 Å². The fraction of sp³-hybridized carbons (Fsp3) is 0.565. The summed E-state index contributed by atoms with van der Waals surface area (Å²) < 4.78 is 18.9. The Balaban J connectivity index is 1.46. The van der Waals surface area contributed by atoms with E-state index in [1.165, 1.54) is 0 Å². The van der Waals surface area contributed by atoms with Gasteiger partial charge in [-0.2, -0.15) is 5.10 Å². The van der Waals surface area contributed by atoms with Crippen molar-refractivity contribution in [1.82, 2.24) is 15.1 Å². The van der Waals surface area contributed by atoms with Crippen LogP contribution < -0.4 is 15.4 Å². The average Bonchev–Trinajstić information content (AvgIpc) is 3.45. The van der Waals surface area contributed by atoms with Crippen LogP contribution in [0.25, 0.3) is 0 Å². The lowest BCUT2D eigenvalue weighted by molar-refractivity contribution is 0.0171. The molecule has 0 aliphatic carbocycles. The normalized spacial score (nSPS) is 16.6. The van der Waals surface area contributed by atoms with Crippen LogP contribution in [0.1, 0.15) is 33.1 Å². The molecule has 31 heavy (non-hydrogen) atoms. The lowest BCUT2D eigenvalue weighted by atomic mass is 10.2. The molecule has 0 amide bonds. The molecule has 1 fully saturated rings. The predicted octanol–water partition coefficient (Wildman–Crippen LogP) is 3.31. The van der Waals surface area contributed by atoms with Gasteiger partial charge in [-0.25, -0.2) is 0 Å². The van der Waals surface area contributed by atoms with Gasteiger partial charge in [0.15, 0.2) is 5.96 Å². The standard InChI is InChI=1S/C23H35N5O3/c1-19(2)31-21-9-7-20(8-10-21)27-23(25-13-15-28-14-4-12-26-28)24-11-5-16-29-18-22-6-3-17-30-22/h4,7-10,12,14,19,22H,3,5-6,11,13,15-18H2,1-2H3,(H2,24,25,27). The van der Waals surface area contributed by atoms with Crippen molar-refractivity contribution in [1.29, 1.82) is 0 Å². The molecule has 1 aromatic carbocycles. The molecular weight excluding hydrogens is 394 g/mol. The Labute approximate surface area is 185 Å². The van der Waals surface area contributed by atoms with Crippen LogP contribution >= 0.6 is 0 Å². The van der Waals surface area contributed by atoms with Gasteiger partial charge in [-0.3, -0.25) is 9.67 Å². The third-order valence-electron chi connectivity index (χ3n) is 4.73. The van der Waals surface area contributed by atoms with Crippen molar-refractivity contribution in [2.75, 3.05) is 38.2 Å². The Bertz CT molecular complexity index is 756. The van der Waals surface area contributed by atoms with Gasteiger partial charge in [0.2, 0.25) is 0 Å². The Morgan fingerprint density at radius 3 is 2.90 bits per heavy atom. The highest BCUT2D eigenvalue weighted by Gasteiger charge is 2.14. The summed E-state index contributed by atoms with van der Waals surface area (Å²) in [6.45, 7) is 8.43. The lowest BCUT2D eigenvalue weighted by Crippen LogP contribution is -2.33. The van der Waals surface area contributed by atoms with E-state index in [4.69, 9.17) is 19.2 Å². The van der Waals surface area contributed by atoms with Gasteiger partial charge < -0.3 is 24.8 Å². The Kier molecular flexibility index (Phi) is 9.66. The van der Waals surface area contributed by atoms with Crippen molar-refractivity contribution < 1.29 is 14.2 Å². The maximum atomic E-state index is 5.73. The summed E-state index contributed by atoms with van der Waals surface area (Å²) in [7, 11) is 0. The van der Waals surface area contributed by atoms with Crippen molar-refractivity contribution in [3.63, 3.8) is 0 Å². The van der Waals surface area contributed by atoms with Crippen molar-refractivity contribution >= 4 is 11.6 Å². The summed E-state index contributed by atoms with van der Waals surface area (Å²) in [4.78, 5) is 4.70. The maximum absolute atomic E-state index is 5.73. The number of nitrogens with one attached hydrogen (secondary N) is 2. The predicted molar refractivity (Wildman–Crippen MR) is 123 cm³/mol. The Hall–Kier alpha value is -2.58. The number of aliphatic imine (C=N–C) groups is 1. The molecule has 3 rings (SSSR count). The van der Waals surface area contributed by atoms with Crippen molar-refractivity contribution in [2.24, 2.45) is 4.99 Å². The molecule has 8 heteroatoms. The topological polar surface area (TPSA) is 81.9 Å². The first-order chi connectivity index (χ1) is 15.2. The van der Waals surface area contributed by atoms with E-state index < -0.39 is 0 Å². The average molecular weight is 430 g/mol. The summed E-state index contributed by atoms with van der Waals surface area (Å²) in [5, 5.41) is 11.0. The quantitative estimate of drug-likeness (QED) is 0.306. The highest BCUT2D eigenvalue weighted by Crippen LogP contribution is 2.17. The first-order valence-corrected chi connectivity index (χ1v) is 11.2. The molecule has 0 spiro atoms. The molecule has 1 aliphatic heterocycles. The number of ether oxygens (including phenoxy) is 3. The largest absolute Gasteiger partial charge is 0.491 e. The van der Waals surface area contributed by atoms with Crippen molar-refractivity contribution in [3.05, 3.63) is 42.7 Å². The van der Waals surface area contributed by atoms with E-state index in [0.717, 1.165) is 56.4 Å². The summed E-state index contributed by atoms with van der Waals surface area (Å²) in [6, 6.07) is 9.83. The molecule has 1 unspecified atom stereocenters. The van der Waals surface area contributed by atoms with Crippen LogP contribution in [0.2, 0.25) is 0 Å². The number of hydrogen-bond donors (Lipinski definition) is 2. The van der Waals surface area contributed by atoms with Gasteiger partial charge in [-0.05, 0) is 63.4 Å². The first kappa shape index (κ1) is 23.1. The Morgan fingerprint density at radius 1 is 1.32 bits per heavy atom. The molecule has 2 N–H and O–H groups in total. The number of aromatic nitrogens is 2. The Morgan fingerprint density at radius 2 is 2.19 bits per heavy atom. The molecule has 170 valence electrons. The van der Waals surface area contributed by atoms with Crippen LogP contribution in [-0.4, -0.2) is 60.9 Å². The molecule has 1 aliphatic rings. The molecule has 1 atom stereocenters. The van der Waals surface area contributed by atoms with E-state index in [2.05, 4.69) is 15.7 Å². The van der Waals surface area contributed by atoms with E-state index in [-0.39, 0.29) is 12.2 Å². The first-order valence-electron chi connectivity index (χ1n) is 11.2. The van der Waals surface area contributed by atoms with E-state index in [1.807, 2.05) is 55.1 Å². The fourth-order valence-electron chi connectivity index (χ4n) is 3.23. The zero-order valence-corrected chi connectivity index (χ0v) is 18.6. The van der Waals surface area contributed by atoms with Gasteiger partial charge in [0.25, 0.3) is 0 Å². The lowest BCUT2D eigenvalue weighted by Gasteiger charge is -2.14. The maximum Gasteiger partial charge on any atom is 0.195 e. The van der Waals surface area contributed by atoms with Crippen LogP contribution in [0.3, 0.4) is 0 Å². The van der Waals surface area contributed by atoms with Crippen LogP contribution in [0.15, 0.2) is 47.7 Å². The zero-order valence-electron chi connectivity index (χ0n) is 18.6. The third-order valence-corrected chi connectivity index (χ3v) is 4.73. The number of guanidine groups is 1. The second kappa shape index (κ2) is 13.0. The number of rotatable bonds is 12. The SMILES string of the molecule is CC(C)Oc1ccc(NC(=NCCCOCC2CCCO2)NCCn2cccn2)cc1. The molecule has 8 nitrogen and oxygen atoms in total. The van der Waals surface area contributed by atoms with Gasteiger partial charge in [0.05, 0.1) is 25.4 Å². The summed E-state index contributed by atoms with van der Waals surface area (Å²) in [5.74, 6) is 1.60. The minimum absolute atomic E-state index is 0.155. The van der Waals surface area contributed by atoms with E-state index in [1.54, 1.807) is 6.20 Å². The third kappa shape index (κ3) is 8.98. The van der Waals surface area contributed by atoms with Crippen LogP contribution in [-0.2, 0) is 16.0 Å². The smallest absolute Gasteiger partial charge is 0.195 e.